The summed E-state index contributed by atoms with van der Waals surface area (Å²) in [6.07, 6.45) is 0. The smallest absolute Gasteiger partial charge is 0.300 e. The summed E-state index contributed by atoms with van der Waals surface area (Å²) < 4.78 is 0. The molecule has 1 rings (SSSR count). The molecule has 0 unspecified atom stereocenters. The molecule has 0 aromatic heterocycles. The standard InChI is InChI=1S/C10H14O2.2C2H4O2/c1-10(2,3)8-6-7(11)4-5-9(8)12;2*1-2(3)4/h4-6,11-12H,1-3H3;2*1H3,(H,3,4). The van der Waals surface area contributed by atoms with E-state index in [0.717, 1.165) is 19.4 Å². The zero-order chi connectivity index (χ0) is 16.5. The molecule has 1 aromatic rings. The maximum atomic E-state index is 9.46. The van der Waals surface area contributed by atoms with Crippen molar-refractivity contribution in [1.29, 1.82) is 0 Å². The van der Waals surface area contributed by atoms with Crippen LogP contribution in [0.1, 0.15) is 40.2 Å². The predicted octanol–water partition coefficient (Wildman–Crippen LogP) is 2.58. The van der Waals surface area contributed by atoms with Crippen molar-refractivity contribution in [2.24, 2.45) is 0 Å². The van der Waals surface area contributed by atoms with Gasteiger partial charge in [0.1, 0.15) is 11.5 Å². The number of aliphatic carboxylic acids is 2. The Morgan fingerprint density at radius 1 is 0.950 bits per heavy atom. The lowest BCUT2D eigenvalue weighted by molar-refractivity contribution is -0.135. The minimum absolute atomic E-state index is 0.136. The van der Waals surface area contributed by atoms with E-state index in [0.29, 0.717) is 0 Å². The second-order valence-electron chi connectivity index (χ2n) is 4.99. The highest BCUT2D eigenvalue weighted by atomic mass is 16.4. The average Bonchev–Trinajstić information content (AvgIpc) is 2.18. The normalized spacial score (nSPS) is 9.45. The number of carbonyl (C=O) groups is 2. The van der Waals surface area contributed by atoms with Crippen molar-refractivity contribution in [3.63, 3.8) is 0 Å². The van der Waals surface area contributed by atoms with Gasteiger partial charge < -0.3 is 20.4 Å². The third kappa shape index (κ3) is 12.2. The molecule has 20 heavy (non-hydrogen) atoms. The minimum atomic E-state index is -0.833. The molecular formula is C14H22O6. The van der Waals surface area contributed by atoms with Gasteiger partial charge >= 0.3 is 0 Å². The molecule has 0 radical (unpaired) electrons. The van der Waals surface area contributed by atoms with Crippen molar-refractivity contribution in [1.82, 2.24) is 0 Å². The highest BCUT2D eigenvalue weighted by molar-refractivity contribution is 5.63. The summed E-state index contributed by atoms with van der Waals surface area (Å²) in [6.45, 7) is 8.13. The summed E-state index contributed by atoms with van der Waals surface area (Å²) in [5.41, 5.74) is 0.630. The van der Waals surface area contributed by atoms with E-state index in [2.05, 4.69) is 0 Å². The summed E-state index contributed by atoms with van der Waals surface area (Å²) >= 11 is 0. The lowest BCUT2D eigenvalue weighted by atomic mass is 9.86. The van der Waals surface area contributed by atoms with Crippen molar-refractivity contribution < 1.29 is 30.0 Å². The average molecular weight is 286 g/mol. The fourth-order valence-corrected chi connectivity index (χ4v) is 1.12. The predicted molar refractivity (Wildman–Crippen MR) is 75.1 cm³/mol. The number of hydrogen-bond donors (Lipinski definition) is 4. The highest BCUT2D eigenvalue weighted by Crippen LogP contribution is 2.32. The maximum absolute atomic E-state index is 9.46. The van der Waals surface area contributed by atoms with Gasteiger partial charge in [0, 0.05) is 19.4 Å². The first-order chi connectivity index (χ1) is 8.87. The van der Waals surface area contributed by atoms with E-state index in [9.17, 15) is 10.2 Å². The lowest BCUT2D eigenvalue weighted by Crippen LogP contribution is -2.10. The molecule has 0 aliphatic rings. The van der Waals surface area contributed by atoms with Crippen molar-refractivity contribution in [2.45, 2.75) is 40.0 Å². The lowest BCUT2D eigenvalue weighted by Gasteiger charge is -2.20. The molecule has 0 bridgehead atoms. The van der Waals surface area contributed by atoms with Gasteiger partial charge in [-0.2, -0.15) is 0 Å². The summed E-state index contributed by atoms with van der Waals surface area (Å²) in [5.74, 6) is -1.24. The van der Waals surface area contributed by atoms with E-state index in [-0.39, 0.29) is 16.9 Å². The summed E-state index contributed by atoms with van der Waals surface area (Å²) in [4.78, 5) is 18.0. The zero-order valence-corrected chi connectivity index (χ0v) is 12.3. The van der Waals surface area contributed by atoms with Gasteiger partial charge in [-0.1, -0.05) is 20.8 Å². The van der Waals surface area contributed by atoms with Gasteiger partial charge in [-0.05, 0) is 23.6 Å². The Morgan fingerprint density at radius 2 is 1.30 bits per heavy atom. The Kier molecular flexibility index (Phi) is 8.83. The van der Waals surface area contributed by atoms with Crippen LogP contribution in [0, 0.1) is 0 Å². The molecule has 0 fully saturated rings. The van der Waals surface area contributed by atoms with Crippen LogP contribution in [0.3, 0.4) is 0 Å². The zero-order valence-electron chi connectivity index (χ0n) is 12.3. The number of rotatable bonds is 0. The quantitative estimate of drug-likeness (QED) is 0.545. The highest BCUT2D eigenvalue weighted by Gasteiger charge is 2.17. The molecule has 0 heterocycles. The summed E-state index contributed by atoms with van der Waals surface area (Å²) in [7, 11) is 0. The van der Waals surface area contributed by atoms with Gasteiger partial charge in [-0.15, -0.1) is 0 Å². The number of benzene rings is 1. The van der Waals surface area contributed by atoms with Crippen LogP contribution in [0.2, 0.25) is 0 Å². The molecular weight excluding hydrogens is 264 g/mol. The van der Waals surface area contributed by atoms with E-state index >= 15 is 0 Å². The second kappa shape index (κ2) is 8.79. The van der Waals surface area contributed by atoms with Gasteiger partial charge in [-0.25, -0.2) is 0 Å². The van der Waals surface area contributed by atoms with Crippen LogP contribution >= 0.6 is 0 Å². The fourth-order valence-electron chi connectivity index (χ4n) is 1.12. The van der Waals surface area contributed by atoms with Crippen molar-refractivity contribution in [2.75, 3.05) is 0 Å². The summed E-state index contributed by atoms with van der Waals surface area (Å²) in [5, 5.41) is 33.5. The Labute approximate surface area is 118 Å². The van der Waals surface area contributed by atoms with E-state index in [1.807, 2.05) is 20.8 Å². The number of phenols is 2. The number of carboxylic acid groups (broad SMARTS) is 2. The first-order valence-electron chi connectivity index (χ1n) is 5.79. The number of carboxylic acids is 2. The molecule has 0 spiro atoms. The Balaban J connectivity index is 0. The van der Waals surface area contributed by atoms with Gasteiger partial charge in [0.2, 0.25) is 0 Å². The summed E-state index contributed by atoms with van der Waals surface area (Å²) in [6, 6.07) is 4.58. The van der Waals surface area contributed by atoms with Crippen LogP contribution < -0.4 is 0 Å². The van der Waals surface area contributed by atoms with Crippen molar-refractivity contribution >= 4 is 11.9 Å². The molecule has 4 N–H and O–H groups in total. The van der Waals surface area contributed by atoms with Gasteiger partial charge in [0.05, 0.1) is 0 Å². The van der Waals surface area contributed by atoms with E-state index in [1.54, 1.807) is 6.07 Å². The topological polar surface area (TPSA) is 115 Å². The Morgan fingerprint density at radius 3 is 1.55 bits per heavy atom. The van der Waals surface area contributed by atoms with Gasteiger partial charge in [0.25, 0.3) is 11.9 Å². The largest absolute Gasteiger partial charge is 0.508 e. The fraction of sp³-hybridized carbons (Fsp3) is 0.429. The van der Waals surface area contributed by atoms with Crippen molar-refractivity contribution in [3.8, 4) is 11.5 Å². The minimum Gasteiger partial charge on any atom is -0.508 e. The second-order valence-corrected chi connectivity index (χ2v) is 4.99. The SMILES string of the molecule is CC(=O)O.CC(=O)O.CC(C)(C)c1cc(O)ccc1O. The van der Waals surface area contributed by atoms with E-state index in [4.69, 9.17) is 19.8 Å². The van der Waals surface area contributed by atoms with E-state index in [1.165, 1.54) is 12.1 Å². The molecule has 0 atom stereocenters. The van der Waals surface area contributed by atoms with Gasteiger partial charge in [0.15, 0.2) is 0 Å². The van der Waals surface area contributed by atoms with Crippen LogP contribution in [0.25, 0.3) is 0 Å². The van der Waals surface area contributed by atoms with Crippen LogP contribution in [-0.2, 0) is 15.0 Å². The van der Waals surface area contributed by atoms with Crippen LogP contribution in [0.5, 0.6) is 11.5 Å². The molecule has 6 heteroatoms. The molecule has 114 valence electrons. The third-order valence-electron chi connectivity index (χ3n) is 1.79. The Bertz CT molecular complexity index is 425. The molecule has 0 saturated carbocycles. The third-order valence-corrected chi connectivity index (χ3v) is 1.79. The molecule has 0 amide bonds. The first-order valence-corrected chi connectivity index (χ1v) is 5.79. The maximum Gasteiger partial charge on any atom is 0.300 e. The Hall–Kier alpha value is -2.24. The number of hydrogen-bond acceptors (Lipinski definition) is 4. The molecule has 1 aromatic carbocycles. The molecule has 6 nitrogen and oxygen atoms in total. The van der Waals surface area contributed by atoms with Crippen LogP contribution in [0.4, 0.5) is 0 Å². The monoisotopic (exact) mass is 286 g/mol. The van der Waals surface area contributed by atoms with Crippen LogP contribution in [0.15, 0.2) is 18.2 Å². The molecule has 0 aliphatic carbocycles. The number of aromatic hydroxyl groups is 2. The first kappa shape index (κ1) is 20.1. The molecule has 0 saturated heterocycles. The van der Waals surface area contributed by atoms with E-state index < -0.39 is 11.9 Å². The van der Waals surface area contributed by atoms with Crippen molar-refractivity contribution in [3.05, 3.63) is 23.8 Å². The van der Waals surface area contributed by atoms with Crippen LogP contribution in [-0.4, -0.2) is 32.4 Å². The number of phenolic OH excluding ortho intramolecular Hbond substituents is 2. The van der Waals surface area contributed by atoms with Gasteiger partial charge in [-0.3, -0.25) is 9.59 Å². The molecule has 0 aliphatic heterocycles.